The van der Waals surface area contributed by atoms with Gasteiger partial charge in [-0.05, 0) is 69.0 Å². The van der Waals surface area contributed by atoms with Crippen molar-refractivity contribution in [3.63, 3.8) is 0 Å². The van der Waals surface area contributed by atoms with Gasteiger partial charge in [0.2, 0.25) is 5.91 Å². The molecule has 2 aromatic carbocycles. The maximum Gasteiger partial charge on any atom is 0.246 e. The maximum absolute atomic E-state index is 12.6. The average molecular weight is 382 g/mol. The van der Waals surface area contributed by atoms with Crippen molar-refractivity contribution >= 4 is 23.0 Å². The molecule has 0 saturated carbocycles. The summed E-state index contributed by atoms with van der Waals surface area (Å²) in [6, 6.07) is 15.5. The zero-order chi connectivity index (χ0) is 19.9. The van der Waals surface area contributed by atoms with Gasteiger partial charge in [0.1, 0.15) is 11.8 Å². The topological polar surface area (TPSA) is 53.6 Å². The molecule has 1 atom stereocenters. The minimum absolute atomic E-state index is 0.0961. The van der Waals surface area contributed by atoms with Gasteiger partial charge in [-0.1, -0.05) is 19.1 Å². The van der Waals surface area contributed by atoms with E-state index in [1.807, 2.05) is 50.2 Å². The highest BCUT2D eigenvalue weighted by atomic mass is 16.5. The van der Waals surface area contributed by atoms with Crippen LogP contribution in [0.2, 0.25) is 0 Å². The van der Waals surface area contributed by atoms with Crippen LogP contribution in [0.15, 0.2) is 48.5 Å². The molecule has 0 aliphatic carbocycles. The zero-order valence-corrected chi connectivity index (χ0v) is 17.1. The van der Waals surface area contributed by atoms with Gasteiger partial charge in [0, 0.05) is 24.5 Å². The van der Waals surface area contributed by atoms with Crippen LogP contribution in [-0.4, -0.2) is 31.6 Å². The molecule has 28 heavy (non-hydrogen) atoms. The number of nitrogens with one attached hydrogen (secondary N) is 2. The summed E-state index contributed by atoms with van der Waals surface area (Å²) in [5.74, 6) is 1.41. The van der Waals surface area contributed by atoms with E-state index in [2.05, 4.69) is 34.6 Å². The van der Waals surface area contributed by atoms with Crippen molar-refractivity contribution < 1.29 is 9.53 Å². The van der Waals surface area contributed by atoms with Gasteiger partial charge in [-0.3, -0.25) is 4.79 Å². The molecule has 5 heteroatoms. The van der Waals surface area contributed by atoms with Crippen LogP contribution in [-0.2, 0) is 4.79 Å². The Morgan fingerprint density at radius 2 is 1.82 bits per heavy atom. The van der Waals surface area contributed by atoms with E-state index in [1.54, 1.807) is 0 Å². The third kappa shape index (κ3) is 5.18. The van der Waals surface area contributed by atoms with Gasteiger partial charge < -0.3 is 20.3 Å². The average Bonchev–Trinajstić information content (AvgIpc) is 2.71. The highest BCUT2D eigenvalue weighted by Gasteiger charge is 2.17. The first kappa shape index (κ1) is 20.1. The predicted molar refractivity (Wildman–Crippen MR) is 116 cm³/mol. The number of amides is 1. The second-order valence-electron chi connectivity index (χ2n) is 7.50. The Labute approximate surface area is 168 Å². The number of anilines is 3. The van der Waals surface area contributed by atoms with Gasteiger partial charge in [0.15, 0.2) is 0 Å². The summed E-state index contributed by atoms with van der Waals surface area (Å²) in [5, 5.41) is 6.23. The van der Waals surface area contributed by atoms with Crippen molar-refractivity contribution in [2.24, 2.45) is 5.92 Å². The van der Waals surface area contributed by atoms with E-state index in [0.29, 0.717) is 18.0 Å². The Balaban J connectivity index is 1.57. The van der Waals surface area contributed by atoms with E-state index in [4.69, 9.17) is 4.74 Å². The van der Waals surface area contributed by atoms with Gasteiger partial charge in [0.25, 0.3) is 0 Å². The minimum Gasteiger partial charge on any atom is -0.492 e. The van der Waals surface area contributed by atoms with Gasteiger partial charge >= 0.3 is 0 Å². The number of nitrogens with zero attached hydrogens (tertiary/aromatic N) is 1. The second kappa shape index (κ2) is 9.49. The van der Waals surface area contributed by atoms with E-state index >= 15 is 0 Å². The molecule has 0 spiro atoms. The Kier molecular flexibility index (Phi) is 6.80. The van der Waals surface area contributed by atoms with Gasteiger partial charge in [-0.15, -0.1) is 0 Å². The summed E-state index contributed by atoms with van der Waals surface area (Å²) in [7, 11) is 0. The zero-order valence-electron chi connectivity index (χ0n) is 17.1. The Bertz CT molecular complexity index is 768. The van der Waals surface area contributed by atoms with Crippen LogP contribution < -0.4 is 20.3 Å². The molecule has 1 aliphatic heterocycles. The Morgan fingerprint density at radius 3 is 2.50 bits per heavy atom. The lowest BCUT2D eigenvalue weighted by Gasteiger charge is -2.32. The summed E-state index contributed by atoms with van der Waals surface area (Å²) < 4.78 is 5.57. The van der Waals surface area contributed by atoms with Crippen molar-refractivity contribution in [2.75, 3.05) is 35.2 Å². The molecule has 0 bridgehead atoms. The molecule has 0 aromatic heterocycles. The second-order valence-corrected chi connectivity index (χ2v) is 7.50. The van der Waals surface area contributed by atoms with Crippen LogP contribution in [0.25, 0.3) is 0 Å². The van der Waals surface area contributed by atoms with E-state index in [-0.39, 0.29) is 11.9 Å². The number of carbonyl (C=O) groups is 1. The highest BCUT2D eigenvalue weighted by Crippen LogP contribution is 2.26. The summed E-state index contributed by atoms with van der Waals surface area (Å²) in [5.41, 5.74) is 2.88. The summed E-state index contributed by atoms with van der Waals surface area (Å²) >= 11 is 0. The molecule has 1 aliphatic rings. The van der Waals surface area contributed by atoms with E-state index in [0.717, 1.165) is 24.7 Å². The minimum atomic E-state index is -0.364. The molecule has 1 heterocycles. The fourth-order valence-corrected chi connectivity index (χ4v) is 3.44. The number of ether oxygens (including phenoxy) is 1. The van der Waals surface area contributed by atoms with Crippen molar-refractivity contribution in [1.29, 1.82) is 0 Å². The third-order valence-electron chi connectivity index (χ3n) is 5.24. The third-order valence-corrected chi connectivity index (χ3v) is 5.24. The normalized spacial score (nSPS) is 15.8. The van der Waals surface area contributed by atoms with Gasteiger partial charge in [-0.25, -0.2) is 0 Å². The fraction of sp³-hybridized carbons (Fsp3) is 0.435. The Hall–Kier alpha value is -2.69. The maximum atomic E-state index is 12.6. The lowest BCUT2D eigenvalue weighted by molar-refractivity contribution is -0.116. The lowest BCUT2D eigenvalue weighted by atomic mass is 9.99. The molecule has 150 valence electrons. The summed E-state index contributed by atoms with van der Waals surface area (Å²) in [6.07, 6.45) is 2.50. The van der Waals surface area contributed by atoms with E-state index in [9.17, 15) is 4.79 Å². The molecule has 1 fully saturated rings. The number of piperidine rings is 1. The van der Waals surface area contributed by atoms with Crippen molar-refractivity contribution in [1.82, 2.24) is 0 Å². The summed E-state index contributed by atoms with van der Waals surface area (Å²) in [6.45, 7) is 8.90. The van der Waals surface area contributed by atoms with E-state index in [1.165, 1.54) is 18.5 Å². The predicted octanol–water partition coefficient (Wildman–Crippen LogP) is 4.76. The van der Waals surface area contributed by atoms with Crippen LogP contribution in [0.1, 0.15) is 33.6 Å². The number of benzene rings is 2. The highest BCUT2D eigenvalue weighted by molar-refractivity contribution is 5.97. The first-order valence-electron chi connectivity index (χ1n) is 10.2. The molecule has 0 radical (unpaired) electrons. The standard InChI is InChI=1S/C23H31N3O2/c1-4-28-22-8-6-5-7-21(22)25-23(27)18(3)24-19-9-11-20(12-10-19)26-15-13-17(2)14-16-26/h5-12,17-18,24H,4,13-16H2,1-3H3,(H,25,27). The largest absolute Gasteiger partial charge is 0.492 e. The van der Waals surface area contributed by atoms with Gasteiger partial charge in [-0.2, -0.15) is 0 Å². The van der Waals surface area contributed by atoms with Crippen LogP contribution >= 0.6 is 0 Å². The van der Waals surface area contributed by atoms with Crippen LogP contribution in [0, 0.1) is 5.92 Å². The van der Waals surface area contributed by atoms with Crippen LogP contribution in [0.5, 0.6) is 5.75 Å². The SMILES string of the molecule is CCOc1ccccc1NC(=O)C(C)Nc1ccc(N2CCC(C)CC2)cc1. The number of para-hydroxylation sites is 2. The molecule has 1 unspecified atom stereocenters. The molecule has 2 aromatic rings. The first-order chi connectivity index (χ1) is 13.6. The molecule has 1 amide bonds. The number of rotatable bonds is 7. The summed E-state index contributed by atoms with van der Waals surface area (Å²) in [4.78, 5) is 15.0. The fourth-order valence-electron chi connectivity index (χ4n) is 3.44. The number of hydrogen-bond donors (Lipinski definition) is 2. The monoisotopic (exact) mass is 381 g/mol. The quantitative estimate of drug-likeness (QED) is 0.726. The molecule has 5 nitrogen and oxygen atoms in total. The lowest BCUT2D eigenvalue weighted by Crippen LogP contribution is -2.33. The molecule has 2 N–H and O–H groups in total. The van der Waals surface area contributed by atoms with Crippen molar-refractivity contribution in [3.8, 4) is 5.75 Å². The molecule has 3 rings (SSSR count). The number of carbonyl (C=O) groups excluding carboxylic acids is 1. The molecular weight excluding hydrogens is 350 g/mol. The van der Waals surface area contributed by atoms with E-state index < -0.39 is 0 Å². The smallest absolute Gasteiger partial charge is 0.246 e. The molecule has 1 saturated heterocycles. The van der Waals surface area contributed by atoms with Crippen molar-refractivity contribution in [2.45, 2.75) is 39.7 Å². The van der Waals surface area contributed by atoms with Gasteiger partial charge in [0.05, 0.1) is 12.3 Å². The Morgan fingerprint density at radius 1 is 1.14 bits per heavy atom. The molecular formula is C23H31N3O2. The number of hydrogen-bond acceptors (Lipinski definition) is 4. The van der Waals surface area contributed by atoms with Crippen LogP contribution in [0.3, 0.4) is 0 Å². The van der Waals surface area contributed by atoms with Crippen molar-refractivity contribution in [3.05, 3.63) is 48.5 Å². The first-order valence-corrected chi connectivity index (χ1v) is 10.2. The van der Waals surface area contributed by atoms with Crippen LogP contribution in [0.4, 0.5) is 17.1 Å².